The molecule has 2 amide bonds. The van der Waals surface area contributed by atoms with Gasteiger partial charge < -0.3 is 19.2 Å². The lowest BCUT2D eigenvalue weighted by molar-refractivity contribution is -0.118. The zero-order chi connectivity index (χ0) is 28.2. The van der Waals surface area contributed by atoms with Gasteiger partial charge in [0.2, 0.25) is 0 Å². The second-order valence-corrected chi connectivity index (χ2v) is 9.92. The summed E-state index contributed by atoms with van der Waals surface area (Å²) >= 11 is 0. The maximum Gasteiger partial charge on any atom is 0.348 e. The Bertz CT molecular complexity index is 1650. The number of carbonyl (C=O) groups excluding carboxylic acids is 2. The minimum atomic E-state index is -0.957. The molecule has 5 rings (SSSR count). The number of aryl methyl sites for hydroxylation is 2. The van der Waals surface area contributed by atoms with Gasteiger partial charge in [-0.15, -0.1) is 0 Å². The molecule has 0 aliphatic carbocycles. The van der Waals surface area contributed by atoms with Gasteiger partial charge in [0.05, 0.1) is 19.4 Å². The predicted octanol–water partition coefficient (Wildman–Crippen LogP) is 5.00. The van der Waals surface area contributed by atoms with Gasteiger partial charge in [-0.05, 0) is 55.8 Å². The number of hydroxylamine groups is 1. The average molecular weight is 543 g/mol. The SMILES string of the molecule is CCCCCc1ccc(C(=O)N2CC(NOC)=C[C@H]2C(=O)Nc2ccc3c(c2)c2ccccc2n3CC)c(=O)o1. The molecule has 2 aromatic carbocycles. The molecule has 3 heterocycles. The fourth-order valence-electron chi connectivity index (χ4n) is 5.37. The largest absolute Gasteiger partial charge is 0.427 e. The summed E-state index contributed by atoms with van der Waals surface area (Å²) in [6.45, 7) is 5.10. The molecule has 0 saturated carbocycles. The third-order valence-electron chi connectivity index (χ3n) is 7.29. The van der Waals surface area contributed by atoms with Crippen LogP contribution in [0.4, 0.5) is 5.69 Å². The molecule has 0 saturated heterocycles. The summed E-state index contributed by atoms with van der Waals surface area (Å²) in [6, 6.07) is 16.2. The molecule has 9 heteroatoms. The normalized spacial score (nSPS) is 15.0. The van der Waals surface area contributed by atoms with E-state index in [1.54, 1.807) is 12.1 Å². The van der Waals surface area contributed by atoms with Gasteiger partial charge in [-0.25, -0.2) is 4.79 Å². The van der Waals surface area contributed by atoms with Crippen molar-refractivity contribution >= 4 is 39.3 Å². The highest BCUT2D eigenvalue weighted by Crippen LogP contribution is 2.31. The molecule has 40 heavy (non-hydrogen) atoms. The van der Waals surface area contributed by atoms with Gasteiger partial charge in [-0.2, -0.15) is 0 Å². The number of amides is 2. The number of unbranched alkanes of at least 4 members (excludes halogenated alkanes) is 2. The number of para-hydroxylation sites is 1. The zero-order valence-corrected chi connectivity index (χ0v) is 23.0. The van der Waals surface area contributed by atoms with E-state index >= 15 is 0 Å². The Morgan fingerprint density at radius 3 is 2.58 bits per heavy atom. The fraction of sp³-hybridized carbons (Fsp3) is 0.323. The molecule has 0 bridgehead atoms. The minimum absolute atomic E-state index is 0.0749. The molecule has 0 fully saturated rings. The zero-order valence-electron chi connectivity index (χ0n) is 23.0. The van der Waals surface area contributed by atoms with Crippen LogP contribution in [0.1, 0.15) is 49.2 Å². The van der Waals surface area contributed by atoms with Crippen LogP contribution in [0.3, 0.4) is 0 Å². The van der Waals surface area contributed by atoms with Crippen molar-refractivity contribution in [2.45, 2.75) is 52.1 Å². The smallest absolute Gasteiger partial charge is 0.348 e. The van der Waals surface area contributed by atoms with Gasteiger partial charge in [0.15, 0.2) is 0 Å². The van der Waals surface area contributed by atoms with Crippen molar-refractivity contribution in [3.63, 3.8) is 0 Å². The highest BCUT2D eigenvalue weighted by molar-refractivity contribution is 6.10. The molecule has 0 unspecified atom stereocenters. The van der Waals surface area contributed by atoms with E-state index < -0.39 is 23.5 Å². The Balaban J connectivity index is 1.40. The summed E-state index contributed by atoms with van der Waals surface area (Å²) in [5.41, 5.74) is 5.26. The van der Waals surface area contributed by atoms with Crippen molar-refractivity contribution in [1.82, 2.24) is 14.9 Å². The molecule has 4 aromatic rings. The number of fused-ring (bicyclic) bond motifs is 3. The second kappa shape index (κ2) is 11.8. The van der Waals surface area contributed by atoms with Gasteiger partial charge in [0.1, 0.15) is 17.4 Å². The molecule has 208 valence electrons. The minimum Gasteiger partial charge on any atom is -0.427 e. The van der Waals surface area contributed by atoms with Gasteiger partial charge in [0.25, 0.3) is 11.8 Å². The molecule has 0 radical (unpaired) electrons. The number of nitrogens with one attached hydrogen (secondary N) is 2. The lowest BCUT2D eigenvalue weighted by Crippen LogP contribution is -2.45. The van der Waals surface area contributed by atoms with E-state index in [0.717, 1.165) is 47.6 Å². The second-order valence-electron chi connectivity index (χ2n) is 9.92. The maximum absolute atomic E-state index is 13.5. The van der Waals surface area contributed by atoms with E-state index in [2.05, 4.69) is 41.3 Å². The predicted molar refractivity (Wildman–Crippen MR) is 155 cm³/mol. The molecule has 2 N–H and O–H groups in total. The molecule has 1 atom stereocenters. The number of benzene rings is 2. The number of nitrogens with zero attached hydrogens (tertiary/aromatic N) is 2. The number of anilines is 1. The van der Waals surface area contributed by atoms with Crippen LogP contribution >= 0.6 is 0 Å². The van der Waals surface area contributed by atoms with E-state index in [4.69, 9.17) is 9.25 Å². The van der Waals surface area contributed by atoms with Crippen molar-refractivity contribution < 1.29 is 18.8 Å². The van der Waals surface area contributed by atoms with Gasteiger partial charge in [-0.1, -0.05) is 38.0 Å². The van der Waals surface area contributed by atoms with Crippen LogP contribution in [-0.2, 0) is 22.6 Å². The Hall–Kier alpha value is -4.37. The Kier molecular flexibility index (Phi) is 8.02. The van der Waals surface area contributed by atoms with E-state index in [-0.39, 0.29) is 12.1 Å². The van der Waals surface area contributed by atoms with Crippen LogP contribution in [0, 0.1) is 0 Å². The highest BCUT2D eigenvalue weighted by atomic mass is 16.6. The van der Waals surface area contributed by atoms with Crippen LogP contribution in [0.5, 0.6) is 0 Å². The Morgan fingerprint density at radius 1 is 1.02 bits per heavy atom. The third-order valence-corrected chi connectivity index (χ3v) is 7.29. The van der Waals surface area contributed by atoms with E-state index in [0.29, 0.717) is 23.6 Å². The van der Waals surface area contributed by atoms with E-state index in [9.17, 15) is 14.4 Å². The number of hydrogen-bond donors (Lipinski definition) is 2. The summed E-state index contributed by atoms with van der Waals surface area (Å²) < 4.78 is 7.66. The Morgan fingerprint density at radius 2 is 1.82 bits per heavy atom. The third kappa shape index (κ3) is 5.24. The summed E-state index contributed by atoms with van der Waals surface area (Å²) in [5.74, 6) is -0.439. The van der Waals surface area contributed by atoms with Crippen LogP contribution < -0.4 is 16.4 Å². The lowest BCUT2D eigenvalue weighted by atomic mass is 10.1. The van der Waals surface area contributed by atoms with Crippen LogP contribution in [0.2, 0.25) is 0 Å². The first-order valence-corrected chi connectivity index (χ1v) is 13.7. The summed E-state index contributed by atoms with van der Waals surface area (Å²) in [4.78, 5) is 46.1. The van der Waals surface area contributed by atoms with Crippen LogP contribution in [0.25, 0.3) is 21.8 Å². The molecule has 1 aliphatic rings. The first-order chi connectivity index (χ1) is 19.4. The lowest BCUT2D eigenvalue weighted by Gasteiger charge is -2.23. The van der Waals surface area contributed by atoms with Crippen molar-refractivity contribution in [2.24, 2.45) is 0 Å². The van der Waals surface area contributed by atoms with Crippen molar-refractivity contribution in [3.05, 3.63) is 88.1 Å². The number of carbonyl (C=O) groups is 2. The average Bonchev–Trinajstić information content (AvgIpc) is 3.52. The number of hydrogen-bond acceptors (Lipinski definition) is 6. The van der Waals surface area contributed by atoms with Gasteiger partial charge in [0, 0.05) is 40.5 Å². The first-order valence-electron chi connectivity index (χ1n) is 13.7. The first kappa shape index (κ1) is 27.2. The quantitative estimate of drug-likeness (QED) is 0.216. The standard InChI is InChI=1S/C31H34N4O5/c1-4-6-7-10-22-14-15-24(31(38)40-22)30(37)35-19-21(33-39-3)18-28(35)29(36)32-20-13-16-27-25(17-20)23-11-8-9-12-26(23)34(27)5-2/h8-9,11-18,28,33H,4-7,10,19H2,1-3H3,(H,32,36)/t28-/m0/s1. The molecule has 0 spiro atoms. The summed E-state index contributed by atoms with van der Waals surface area (Å²) in [5, 5.41) is 5.09. The monoisotopic (exact) mass is 542 g/mol. The molecule has 1 aliphatic heterocycles. The van der Waals surface area contributed by atoms with Crippen molar-refractivity contribution in [1.29, 1.82) is 0 Å². The molecule has 9 nitrogen and oxygen atoms in total. The Labute approximate surface area is 232 Å². The molecule has 2 aromatic heterocycles. The maximum atomic E-state index is 13.5. The highest BCUT2D eigenvalue weighted by Gasteiger charge is 2.36. The number of rotatable bonds is 10. The fourth-order valence-corrected chi connectivity index (χ4v) is 5.37. The summed E-state index contributed by atoms with van der Waals surface area (Å²) in [6.07, 6.45) is 5.25. The summed E-state index contributed by atoms with van der Waals surface area (Å²) in [7, 11) is 1.45. The van der Waals surface area contributed by atoms with Gasteiger partial charge in [-0.3, -0.25) is 19.9 Å². The van der Waals surface area contributed by atoms with E-state index in [1.807, 2.05) is 30.3 Å². The topological polar surface area (TPSA) is 106 Å². The van der Waals surface area contributed by atoms with Crippen molar-refractivity contribution in [2.75, 3.05) is 19.0 Å². The van der Waals surface area contributed by atoms with E-state index in [1.165, 1.54) is 18.1 Å². The van der Waals surface area contributed by atoms with Gasteiger partial charge >= 0.3 is 5.63 Å². The van der Waals surface area contributed by atoms with Crippen molar-refractivity contribution in [3.8, 4) is 0 Å². The van der Waals surface area contributed by atoms with Crippen LogP contribution in [0.15, 0.2) is 75.6 Å². The van der Waals surface area contributed by atoms with Crippen LogP contribution in [-0.4, -0.2) is 41.0 Å². The molecular weight excluding hydrogens is 508 g/mol. The molecular formula is C31H34N4O5. The number of aromatic nitrogens is 1.